The summed E-state index contributed by atoms with van der Waals surface area (Å²) >= 11 is 0. The Morgan fingerprint density at radius 2 is 2.10 bits per heavy atom. The summed E-state index contributed by atoms with van der Waals surface area (Å²) in [7, 11) is 1.72. The highest BCUT2D eigenvalue weighted by Gasteiger charge is 2.18. The summed E-state index contributed by atoms with van der Waals surface area (Å²) in [5.41, 5.74) is 1.19. The zero-order valence-electron chi connectivity index (χ0n) is 11.9. The molecule has 0 bridgehead atoms. The molecule has 2 aromatic rings. The summed E-state index contributed by atoms with van der Waals surface area (Å²) in [6.45, 7) is 2.19. The van der Waals surface area contributed by atoms with Crippen molar-refractivity contribution in [2.45, 2.75) is 25.3 Å². The Morgan fingerprint density at radius 1 is 1.30 bits per heavy atom. The average Bonchev–Trinajstić information content (AvgIpc) is 2.97. The number of piperidine rings is 1. The number of methoxy groups -OCH3 is 1. The number of hydrogen-bond donors (Lipinski definition) is 1. The van der Waals surface area contributed by atoms with Crippen molar-refractivity contribution in [1.29, 1.82) is 0 Å². The molecule has 4 heteroatoms. The molecule has 3 rings (SSSR count). The van der Waals surface area contributed by atoms with E-state index in [9.17, 15) is 0 Å². The van der Waals surface area contributed by atoms with Crippen molar-refractivity contribution in [3.05, 3.63) is 48.0 Å². The average molecular weight is 271 g/mol. The van der Waals surface area contributed by atoms with Crippen LogP contribution in [0.3, 0.4) is 0 Å². The Kier molecular flexibility index (Phi) is 4.02. The largest absolute Gasteiger partial charge is 0.496 e. The molecule has 0 amide bonds. The van der Waals surface area contributed by atoms with Crippen LogP contribution in [0.1, 0.15) is 30.3 Å². The second kappa shape index (κ2) is 6.09. The number of hydrogen-bond acceptors (Lipinski definition) is 3. The highest BCUT2D eigenvalue weighted by molar-refractivity contribution is 5.35. The molecule has 1 saturated heterocycles. The van der Waals surface area contributed by atoms with Gasteiger partial charge in [0.15, 0.2) is 0 Å². The fraction of sp³-hybridized carbons (Fsp3) is 0.438. The molecule has 1 fully saturated rings. The van der Waals surface area contributed by atoms with Crippen molar-refractivity contribution in [2.75, 3.05) is 20.2 Å². The van der Waals surface area contributed by atoms with Crippen LogP contribution < -0.4 is 10.1 Å². The smallest absolute Gasteiger partial charge is 0.122 e. The molecular formula is C16H21N3O. The minimum atomic E-state index is 0.573. The maximum atomic E-state index is 5.43. The minimum absolute atomic E-state index is 0.573. The van der Waals surface area contributed by atoms with Crippen molar-refractivity contribution < 1.29 is 4.74 Å². The zero-order chi connectivity index (χ0) is 13.8. The van der Waals surface area contributed by atoms with Gasteiger partial charge in [0.05, 0.1) is 7.11 Å². The molecule has 2 heterocycles. The predicted molar refractivity (Wildman–Crippen MR) is 79.2 cm³/mol. The standard InChI is InChI=1S/C16H21N3O/c1-20-15-5-3-2-4-13(15)12-16-18-10-11-19(16)14-6-8-17-9-7-14/h2-5,10-11,14,17H,6-9,12H2,1H3. The van der Waals surface area contributed by atoms with E-state index in [2.05, 4.69) is 33.2 Å². The fourth-order valence-electron chi connectivity index (χ4n) is 2.92. The van der Waals surface area contributed by atoms with E-state index in [1.807, 2.05) is 18.3 Å². The van der Waals surface area contributed by atoms with Crippen LogP contribution in [0.25, 0.3) is 0 Å². The Labute approximate surface area is 119 Å². The Bertz CT molecular complexity index is 558. The number of nitrogens with zero attached hydrogens (tertiary/aromatic N) is 2. The molecule has 1 N–H and O–H groups in total. The molecule has 0 spiro atoms. The predicted octanol–water partition coefficient (Wildman–Crippen LogP) is 2.41. The van der Waals surface area contributed by atoms with E-state index in [1.165, 1.54) is 18.4 Å². The zero-order valence-corrected chi connectivity index (χ0v) is 11.9. The fourth-order valence-corrected chi connectivity index (χ4v) is 2.92. The normalized spacial score (nSPS) is 16.2. The maximum Gasteiger partial charge on any atom is 0.122 e. The van der Waals surface area contributed by atoms with Gasteiger partial charge in [-0.1, -0.05) is 18.2 Å². The van der Waals surface area contributed by atoms with E-state index >= 15 is 0 Å². The van der Waals surface area contributed by atoms with Gasteiger partial charge in [-0.2, -0.15) is 0 Å². The molecular weight excluding hydrogens is 250 g/mol. The Balaban J connectivity index is 1.82. The topological polar surface area (TPSA) is 39.1 Å². The van der Waals surface area contributed by atoms with E-state index in [1.54, 1.807) is 7.11 Å². The first-order chi connectivity index (χ1) is 9.88. The lowest BCUT2D eigenvalue weighted by atomic mass is 10.1. The van der Waals surface area contributed by atoms with Gasteiger partial charge >= 0.3 is 0 Å². The molecule has 4 nitrogen and oxygen atoms in total. The molecule has 0 radical (unpaired) electrons. The van der Waals surface area contributed by atoms with Gasteiger partial charge in [-0.05, 0) is 32.0 Å². The Hall–Kier alpha value is -1.81. The van der Waals surface area contributed by atoms with Crippen molar-refractivity contribution in [1.82, 2.24) is 14.9 Å². The van der Waals surface area contributed by atoms with Crippen molar-refractivity contribution >= 4 is 0 Å². The van der Waals surface area contributed by atoms with E-state index in [0.717, 1.165) is 31.1 Å². The van der Waals surface area contributed by atoms with Crippen LogP contribution in [0, 0.1) is 0 Å². The number of nitrogens with one attached hydrogen (secondary N) is 1. The third kappa shape index (κ3) is 2.70. The van der Waals surface area contributed by atoms with Crippen molar-refractivity contribution in [3.63, 3.8) is 0 Å². The quantitative estimate of drug-likeness (QED) is 0.928. The van der Waals surface area contributed by atoms with Crippen LogP contribution in [0.5, 0.6) is 5.75 Å². The van der Waals surface area contributed by atoms with E-state index in [0.29, 0.717) is 6.04 Å². The monoisotopic (exact) mass is 271 g/mol. The molecule has 1 aromatic carbocycles. The number of ether oxygens (including phenoxy) is 1. The third-order valence-corrected chi connectivity index (χ3v) is 3.99. The van der Waals surface area contributed by atoms with Crippen LogP contribution in [-0.2, 0) is 6.42 Å². The highest BCUT2D eigenvalue weighted by atomic mass is 16.5. The third-order valence-electron chi connectivity index (χ3n) is 3.99. The number of imidazole rings is 1. The van der Waals surface area contributed by atoms with Crippen LogP contribution in [-0.4, -0.2) is 29.8 Å². The van der Waals surface area contributed by atoms with E-state index in [4.69, 9.17) is 4.74 Å². The maximum absolute atomic E-state index is 5.43. The number of benzene rings is 1. The van der Waals surface area contributed by atoms with E-state index in [-0.39, 0.29) is 0 Å². The second-order valence-electron chi connectivity index (χ2n) is 5.22. The van der Waals surface area contributed by atoms with Gasteiger partial charge in [-0.3, -0.25) is 0 Å². The van der Waals surface area contributed by atoms with Gasteiger partial charge in [0, 0.05) is 30.4 Å². The van der Waals surface area contributed by atoms with Gasteiger partial charge in [0.25, 0.3) is 0 Å². The molecule has 1 aliphatic heterocycles. The van der Waals surface area contributed by atoms with Gasteiger partial charge < -0.3 is 14.6 Å². The molecule has 1 aliphatic rings. The van der Waals surface area contributed by atoms with Crippen LogP contribution in [0.4, 0.5) is 0 Å². The summed E-state index contributed by atoms with van der Waals surface area (Å²) in [6.07, 6.45) is 7.19. The van der Waals surface area contributed by atoms with Gasteiger partial charge in [0.1, 0.15) is 11.6 Å². The summed E-state index contributed by atoms with van der Waals surface area (Å²) in [4.78, 5) is 4.55. The van der Waals surface area contributed by atoms with Crippen molar-refractivity contribution in [2.24, 2.45) is 0 Å². The van der Waals surface area contributed by atoms with Gasteiger partial charge in [-0.25, -0.2) is 4.98 Å². The molecule has 106 valence electrons. The van der Waals surface area contributed by atoms with Gasteiger partial charge in [-0.15, -0.1) is 0 Å². The van der Waals surface area contributed by atoms with Crippen molar-refractivity contribution in [3.8, 4) is 5.75 Å². The molecule has 0 unspecified atom stereocenters. The SMILES string of the molecule is COc1ccccc1Cc1nccn1C1CCNCC1. The molecule has 20 heavy (non-hydrogen) atoms. The summed E-state index contributed by atoms with van der Waals surface area (Å²) in [5, 5.41) is 3.41. The van der Waals surface area contributed by atoms with E-state index < -0.39 is 0 Å². The lowest BCUT2D eigenvalue weighted by Crippen LogP contribution is -2.29. The lowest BCUT2D eigenvalue weighted by Gasteiger charge is -2.25. The summed E-state index contributed by atoms with van der Waals surface area (Å²) < 4.78 is 7.77. The van der Waals surface area contributed by atoms with Crippen LogP contribution in [0.2, 0.25) is 0 Å². The first kappa shape index (κ1) is 13.2. The molecule has 1 aromatic heterocycles. The molecule has 0 saturated carbocycles. The minimum Gasteiger partial charge on any atom is -0.496 e. The first-order valence-corrected chi connectivity index (χ1v) is 7.23. The second-order valence-corrected chi connectivity index (χ2v) is 5.22. The highest BCUT2D eigenvalue weighted by Crippen LogP contribution is 2.24. The summed E-state index contributed by atoms with van der Waals surface area (Å²) in [6, 6.07) is 8.74. The molecule has 0 atom stereocenters. The first-order valence-electron chi connectivity index (χ1n) is 7.23. The Morgan fingerprint density at radius 3 is 2.90 bits per heavy atom. The van der Waals surface area contributed by atoms with Gasteiger partial charge in [0.2, 0.25) is 0 Å². The number of rotatable bonds is 4. The molecule has 0 aliphatic carbocycles. The number of para-hydroxylation sites is 1. The summed E-state index contributed by atoms with van der Waals surface area (Å²) in [5.74, 6) is 2.06. The number of aromatic nitrogens is 2. The van der Waals surface area contributed by atoms with Crippen LogP contribution >= 0.6 is 0 Å². The van der Waals surface area contributed by atoms with Crippen LogP contribution in [0.15, 0.2) is 36.7 Å². The lowest BCUT2D eigenvalue weighted by molar-refractivity contribution is 0.360.